The first-order valence-corrected chi connectivity index (χ1v) is 9.74. The van der Waals surface area contributed by atoms with Gasteiger partial charge >= 0.3 is 0 Å². The monoisotopic (exact) mass is 425 g/mol. The Labute approximate surface area is 164 Å². The molecule has 3 aromatic carbocycles. The van der Waals surface area contributed by atoms with Gasteiger partial charge in [0.05, 0.1) is 17.7 Å². The van der Waals surface area contributed by atoms with Crippen LogP contribution >= 0.6 is 0 Å². The molecule has 0 atom stereocenters. The highest BCUT2D eigenvalue weighted by molar-refractivity contribution is 7.92. The number of anilines is 1. The molecule has 152 valence electrons. The summed E-state index contributed by atoms with van der Waals surface area (Å²) in [4.78, 5) is -0.267. The van der Waals surface area contributed by atoms with Gasteiger partial charge in [-0.05, 0) is 36.2 Å². The lowest BCUT2D eigenvalue weighted by atomic mass is 10.0. The molecule has 0 saturated heterocycles. The van der Waals surface area contributed by atoms with E-state index in [1.807, 2.05) is 4.72 Å². The lowest BCUT2D eigenvalue weighted by Gasteiger charge is -2.17. The molecule has 3 aromatic rings. The zero-order valence-corrected chi connectivity index (χ0v) is 16.1. The standard InChI is InChI=1S/C20H15F4NO3S/c1-11-8-9-12(10-14(11)28-2)15-16(21)17(22)18(23)19(24)20(15)25-29(26,27)13-6-4-3-5-7-13/h3-10,25H,1-2H3. The number of benzene rings is 3. The number of hydrogen-bond acceptors (Lipinski definition) is 3. The summed E-state index contributed by atoms with van der Waals surface area (Å²) in [5.41, 5.74) is -1.28. The quantitative estimate of drug-likeness (QED) is 0.355. The van der Waals surface area contributed by atoms with Crippen molar-refractivity contribution in [3.8, 4) is 16.9 Å². The van der Waals surface area contributed by atoms with Crippen molar-refractivity contribution >= 4 is 15.7 Å². The Morgan fingerprint density at radius 2 is 1.48 bits per heavy atom. The number of halogens is 4. The molecule has 0 heterocycles. The van der Waals surface area contributed by atoms with E-state index in [1.54, 1.807) is 13.0 Å². The summed E-state index contributed by atoms with van der Waals surface area (Å²) in [5, 5.41) is 0. The average Bonchev–Trinajstić information content (AvgIpc) is 2.72. The van der Waals surface area contributed by atoms with Gasteiger partial charge in [0, 0.05) is 5.56 Å². The average molecular weight is 425 g/mol. The van der Waals surface area contributed by atoms with Crippen molar-refractivity contribution in [1.82, 2.24) is 0 Å². The fraction of sp³-hybridized carbons (Fsp3) is 0.100. The minimum Gasteiger partial charge on any atom is -0.496 e. The van der Waals surface area contributed by atoms with Crippen LogP contribution in [0.15, 0.2) is 53.4 Å². The lowest BCUT2D eigenvalue weighted by molar-refractivity contribution is 0.410. The minimum atomic E-state index is -4.41. The summed E-state index contributed by atoms with van der Waals surface area (Å²) < 4.78 is 89.1. The zero-order valence-electron chi connectivity index (χ0n) is 15.3. The fourth-order valence-corrected chi connectivity index (χ4v) is 3.86. The number of sulfonamides is 1. The van der Waals surface area contributed by atoms with Crippen LogP contribution in [0.1, 0.15) is 5.56 Å². The molecule has 0 aliphatic rings. The molecule has 9 heteroatoms. The Morgan fingerprint density at radius 1 is 0.862 bits per heavy atom. The number of methoxy groups -OCH3 is 1. The maximum Gasteiger partial charge on any atom is 0.262 e. The third-order valence-electron chi connectivity index (χ3n) is 4.25. The van der Waals surface area contributed by atoms with Crippen molar-refractivity contribution in [3.63, 3.8) is 0 Å². The van der Waals surface area contributed by atoms with E-state index >= 15 is 0 Å². The second kappa shape index (κ2) is 7.75. The molecule has 0 amide bonds. The number of nitrogens with one attached hydrogen (secondary N) is 1. The summed E-state index contributed by atoms with van der Waals surface area (Å²) >= 11 is 0. The van der Waals surface area contributed by atoms with E-state index < -0.39 is 44.5 Å². The highest BCUT2D eigenvalue weighted by Crippen LogP contribution is 2.39. The maximum absolute atomic E-state index is 14.6. The summed E-state index contributed by atoms with van der Waals surface area (Å²) in [6.07, 6.45) is 0. The van der Waals surface area contributed by atoms with Crippen LogP contribution in [0.3, 0.4) is 0 Å². The predicted octanol–water partition coefficient (Wildman–Crippen LogP) is 5.03. The van der Waals surface area contributed by atoms with Crippen LogP contribution in [0.4, 0.5) is 23.2 Å². The number of aryl methyl sites for hydroxylation is 1. The molecule has 29 heavy (non-hydrogen) atoms. The third-order valence-corrected chi connectivity index (χ3v) is 5.62. The Hall–Kier alpha value is -3.07. The number of ether oxygens (including phenoxy) is 1. The van der Waals surface area contributed by atoms with Crippen molar-refractivity contribution in [3.05, 3.63) is 77.4 Å². The molecule has 0 aromatic heterocycles. The van der Waals surface area contributed by atoms with Gasteiger partial charge in [0.1, 0.15) is 5.75 Å². The fourth-order valence-electron chi connectivity index (χ4n) is 2.77. The van der Waals surface area contributed by atoms with Crippen molar-refractivity contribution in [2.75, 3.05) is 11.8 Å². The van der Waals surface area contributed by atoms with Gasteiger partial charge in [0.2, 0.25) is 0 Å². The Balaban J connectivity index is 2.27. The van der Waals surface area contributed by atoms with Crippen LogP contribution in [-0.4, -0.2) is 15.5 Å². The van der Waals surface area contributed by atoms with Gasteiger partial charge in [-0.25, -0.2) is 26.0 Å². The van der Waals surface area contributed by atoms with Gasteiger partial charge < -0.3 is 4.74 Å². The Bertz CT molecular complexity index is 1180. The summed E-state index contributed by atoms with van der Waals surface area (Å²) in [6, 6.07) is 10.9. The molecule has 0 aliphatic heterocycles. The van der Waals surface area contributed by atoms with Crippen molar-refractivity contribution in [1.29, 1.82) is 0 Å². The van der Waals surface area contributed by atoms with E-state index in [2.05, 4.69) is 0 Å². The third kappa shape index (κ3) is 3.77. The summed E-state index contributed by atoms with van der Waals surface area (Å²) in [6.45, 7) is 1.68. The van der Waals surface area contributed by atoms with E-state index in [-0.39, 0.29) is 16.2 Å². The van der Waals surface area contributed by atoms with Gasteiger partial charge in [0.15, 0.2) is 23.3 Å². The molecule has 0 aliphatic carbocycles. The number of hydrogen-bond donors (Lipinski definition) is 1. The van der Waals surface area contributed by atoms with Gasteiger partial charge in [-0.2, -0.15) is 0 Å². The lowest BCUT2D eigenvalue weighted by Crippen LogP contribution is -2.17. The molecule has 3 rings (SSSR count). The maximum atomic E-state index is 14.6. The van der Waals surface area contributed by atoms with Crippen LogP contribution in [0, 0.1) is 30.2 Å². The van der Waals surface area contributed by atoms with Gasteiger partial charge in [0.25, 0.3) is 10.0 Å². The molecular formula is C20H15F4NO3S. The molecule has 0 bridgehead atoms. The van der Waals surface area contributed by atoms with E-state index in [1.165, 1.54) is 49.6 Å². The van der Waals surface area contributed by atoms with E-state index in [0.717, 1.165) is 0 Å². The first kappa shape index (κ1) is 20.7. The first-order chi connectivity index (χ1) is 13.7. The normalized spacial score (nSPS) is 11.4. The van der Waals surface area contributed by atoms with Crippen molar-refractivity contribution in [2.45, 2.75) is 11.8 Å². The van der Waals surface area contributed by atoms with E-state index in [4.69, 9.17) is 4.74 Å². The SMILES string of the molecule is COc1cc(-c2c(F)c(F)c(F)c(F)c2NS(=O)(=O)c2ccccc2)ccc1C. The second-order valence-corrected chi connectivity index (χ2v) is 7.79. The molecule has 0 spiro atoms. The summed E-state index contributed by atoms with van der Waals surface area (Å²) in [5.74, 6) is -7.52. The molecule has 0 radical (unpaired) electrons. The molecule has 0 saturated carbocycles. The highest BCUT2D eigenvalue weighted by Gasteiger charge is 2.29. The van der Waals surface area contributed by atoms with Crippen LogP contribution in [-0.2, 0) is 10.0 Å². The van der Waals surface area contributed by atoms with Crippen LogP contribution in [0.5, 0.6) is 5.75 Å². The molecular weight excluding hydrogens is 410 g/mol. The second-order valence-electron chi connectivity index (χ2n) is 6.11. The molecule has 0 unspecified atom stereocenters. The van der Waals surface area contributed by atoms with Crippen molar-refractivity contribution < 1.29 is 30.7 Å². The Morgan fingerprint density at radius 3 is 2.10 bits per heavy atom. The molecule has 4 nitrogen and oxygen atoms in total. The molecule has 1 N–H and O–H groups in total. The topological polar surface area (TPSA) is 55.4 Å². The smallest absolute Gasteiger partial charge is 0.262 e. The van der Waals surface area contributed by atoms with Gasteiger partial charge in [-0.3, -0.25) is 4.72 Å². The van der Waals surface area contributed by atoms with E-state index in [9.17, 15) is 26.0 Å². The summed E-state index contributed by atoms with van der Waals surface area (Å²) in [7, 11) is -3.07. The predicted molar refractivity (Wildman–Crippen MR) is 100 cm³/mol. The first-order valence-electron chi connectivity index (χ1n) is 8.26. The van der Waals surface area contributed by atoms with Crippen LogP contribution < -0.4 is 9.46 Å². The van der Waals surface area contributed by atoms with Crippen LogP contribution in [0.25, 0.3) is 11.1 Å². The van der Waals surface area contributed by atoms with E-state index in [0.29, 0.717) is 5.56 Å². The van der Waals surface area contributed by atoms with Gasteiger partial charge in [-0.15, -0.1) is 0 Å². The highest BCUT2D eigenvalue weighted by atomic mass is 32.2. The van der Waals surface area contributed by atoms with Crippen LogP contribution in [0.2, 0.25) is 0 Å². The molecule has 0 fully saturated rings. The number of rotatable bonds is 5. The minimum absolute atomic E-state index is 0.103. The van der Waals surface area contributed by atoms with Gasteiger partial charge in [-0.1, -0.05) is 30.3 Å². The zero-order chi connectivity index (χ0) is 21.3. The van der Waals surface area contributed by atoms with Crippen molar-refractivity contribution in [2.24, 2.45) is 0 Å². The Kier molecular flexibility index (Phi) is 5.52. The largest absolute Gasteiger partial charge is 0.496 e.